The molecule has 0 fully saturated rings. The van der Waals surface area contributed by atoms with E-state index in [0.29, 0.717) is 22.8 Å². The maximum Gasteiger partial charge on any atom is 0.271 e. The zero-order valence-corrected chi connectivity index (χ0v) is 16.2. The maximum absolute atomic E-state index is 12.3. The topological polar surface area (TPSA) is 70.6 Å². The van der Waals surface area contributed by atoms with Crippen LogP contribution in [-0.2, 0) is 11.3 Å². The molecule has 0 aliphatic rings. The highest BCUT2D eigenvalue weighted by molar-refractivity contribution is 6.30. The molecule has 3 aromatic carbocycles. The van der Waals surface area contributed by atoms with Crippen molar-refractivity contribution in [2.45, 2.75) is 19.9 Å². The van der Waals surface area contributed by atoms with Crippen molar-refractivity contribution in [2.24, 2.45) is 5.10 Å². The number of amides is 2. The van der Waals surface area contributed by atoms with Gasteiger partial charge in [-0.3, -0.25) is 9.59 Å². The Labute approximate surface area is 168 Å². The number of rotatable bonds is 6. The lowest BCUT2D eigenvalue weighted by Crippen LogP contribution is -2.26. The molecule has 0 unspecified atom stereocenters. The maximum atomic E-state index is 12.3. The van der Waals surface area contributed by atoms with E-state index >= 15 is 0 Å². The molecule has 0 aliphatic carbocycles. The minimum atomic E-state index is -0.313. The van der Waals surface area contributed by atoms with Crippen LogP contribution in [0.4, 0.5) is 0 Å². The third-order valence-electron chi connectivity index (χ3n) is 4.18. The number of carbonyl (C=O) groups excluding carboxylic acids is 2. The van der Waals surface area contributed by atoms with Crippen molar-refractivity contribution in [2.75, 3.05) is 0 Å². The molecule has 0 saturated heterocycles. The molecule has 0 heterocycles. The Morgan fingerprint density at radius 3 is 2.43 bits per heavy atom. The van der Waals surface area contributed by atoms with Gasteiger partial charge in [-0.25, -0.2) is 5.43 Å². The summed E-state index contributed by atoms with van der Waals surface area (Å²) in [5.41, 5.74) is 4.49. The van der Waals surface area contributed by atoms with E-state index in [0.717, 1.165) is 16.3 Å². The van der Waals surface area contributed by atoms with E-state index in [9.17, 15) is 9.59 Å². The van der Waals surface area contributed by atoms with Gasteiger partial charge < -0.3 is 5.32 Å². The van der Waals surface area contributed by atoms with Gasteiger partial charge >= 0.3 is 0 Å². The van der Waals surface area contributed by atoms with Gasteiger partial charge in [-0.05, 0) is 47.5 Å². The van der Waals surface area contributed by atoms with Gasteiger partial charge in [0, 0.05) is 22.8 Å². The number of hydrazone groups is 1. The third kappa shape index (κ3) is 5.41. The Kier molecular flexibility index (Phi) is 6.40. The first kappa shape index (κ1) is 19.6. The normalized spacial score (nSPS) is 11.3. The Balaban J connectivity index is 1.51. The molecular formula is C22H20ClN3O2. The summed E-state index contributed by atoms with van der Waals surface area (Å²) >= 11 is 5.84. The highest BCUT2D eigenvalue weighted by Crippen LogP contribution is 2.15. The van der Waals surface area contributed by atoms with Crippen LogP contribution in [0.15, 0.2) is 71.8 Å². The second kappa shape index (κ2) is 9.15. The monoisotopic (exact) mass is 393 g/mol. The van der Waals surface area contributed by atoms with E-state index in [-0.39, 0.29) is 18.2 Å². The molecule has 0 aromatic heterocycles. The van der Waals surface area contributed by atoms with Crippen LogP contribution < -0.4 is 10.7 Å². The van der Waals surface area contributed by atoms with E-state index < -0.39 is 0 Å². The number of hydrogen-bond acceptors (Lipinski definition) is 3. The number of nitrogens with one attached hydrogen (secondary N) is 2. The number of benzene rings is 3. The lowest BCUT2D eigenvalue weighted by molar-refractivity contribution is -0.120. The third-order valence-corrected chi connectivity index (χ3v) is 4.43. The molecular weight excluding hydrogens is 374 g/mol. The summed E-state index contributed by atoms with van der Waals surface area (Å²) in [6.07, 6.45) is 0.103. The van der Waals surface area contributed by atoms with E-state index in [2.05, 4.69) is 15.8 Å². The summed E-state index contributed by atoms with van der Waals surface area (Å²) in [6, 6.07) is 20.5. The summed E-state index contributed by atoms with van der Waals surface area (Å²) in [5, 5.41) is 9.54. The molecule has 0 atom stereocenters. The first-order valence-electron chi connectivity index (χ1n) is 8.85. The van der Waals surface area contributed by atoms with E-state index in [1.807, 2.05) is 48.5 Å². The van der Waals surface area contributed by atoms with Gasteiger partial charge in [0.25, 0.3) is 5.91 Å². The number of fused-ring (bicyclic) bond motifs is 1. The number of halogens is 1. The predicted octanol–water partition coefficient (Wildman–Crippen LogP) is 4.31. The Bertz CT molecular complexity index is 1030. The Morgan fingerprint density at radius 1 is 0.964 bits per heavy atom. The SMILES string of the molecule is C/C(CC(=O)NCc1ccc(Cl)cc1)=N/NC(=O)c1ccc2ccccc2c1. The van der Waals surface area contributed by atoms with Crippen molar-refractivity contribution in [1.29, 1.82) is 0 Å². The summed E-state index contributed by atoms with van der Waals surface area (Å²) < 4.78 is 0. The lowest BCUT2D eigenvalue weighted by atomic mass is 10.1. The second-order valence-electron chi connectivity index (χ2n) is 6.43. The zero-order valence-electron chi connectivity index (χ0n) is 15.4. The van der Waals surface area contributed by atoms with Crippen molar-refractivity contribution < 1.29 is 9.59 Å². The Morgan fingerprint density at radius 2 is 1.68 bits per heavy atom. The van der Waals surface area contributed by atoms with Crippen molar-refractivity contribution in [1.82, 2.24) is 10.7 Å². The minimum Gasteiger partial charge on any atom is -0.352 e. The highest BCUT2D eigenvalue weighted by atomic mass is 35.5. The van der Waals surface area contributed by atoms with Crippen molar-refractivity contribution >= 4 is 39.9 Å². The van der Waals surface area contributed by atoms with Crippen LogP contribution in [0.5, 0.6) is 0 Å². The predicted molar refractivity (Wildman–Crippen MR) is 112 cm³/mol. The average Bonchev–Trinajstić information content (AvgIpc) is 2.71. The van der Waals surface area contributed by atoms with Gasteiger partial charge in [0.05, 0.1) is 6.42 Å². The minimum absolute atomic E-state index is 0.103. The highest BCUT2D eigenvalue weighted by Gasteiger charge is 2.07. The lowest BCUT2D eigenvalue weighted by Gasteiger charge is -2.06. The molecule has 0 radical (unpaired) electrons. The van der Waals surface area contributed by atoms with Gasteiger partial charge in [0.1, 0.15) is 0 Å². The molecule has 0 spiro atoms. The molecule has 28 heavy (non-hydrogen) atoms. The van der Waals surface area contributed by atoms with Gasteiger partial charge in [0.15, 0.2) is 0 Å². The van der Waals surface area contributed by atoms with Crippen molar-refractivity contribution in [3.63, 3.8) is 0 Å². The van der Waals surface area contributed by atoms with E-state index in [1.165, 1.54) is 0 Å². The fraction of sp³-hybridized carbons (Fsp3) is 0.136. The zero-order chi connectivity index (χ0) is 19.9. The molecule has 0 bridgehead atoms. The molecule has 0 saturated carbocycles. The molecule has 6 heteroatoms. The summed E-state index contributed by atoms with van der Waals surface area (Å²) in [4.78, 5) is 24.3. The number of nitrogens with zero attached hydrogens (tertiary/aromatic N) is 1. The van der Waals surface area contributed by atoms with Crippen LogP contribution in [-0.4, -0.2) is 17.5 Å². The first-order valence-corrected chi connectivity index (χ1v) is 9.22. The molecule has 3 rings (SSSR count). The molecule has 3 aromatic rings. The number of hydrogen-bond donors (Lipinski definition) is 2. The van der Waals surface area contributed by atoms with Gasteiger partial charge in [-0.2, -0.15) is 5.10 Å². The van der Waals surface area contributed by atoms with Crippen molar-refractivity contribution in [3.05, 3.63) is 82.9 Å². The summed E-state index contributed by atoms with van der Waals surface area (Å²) in [5.74, 6) is -0.483. The molecule has 2 amide bonds. The largest absolute Gasteiger partial charge is 0.352 e. The van der Waals surface area contributed by atoms with Gasteiger partial charge in [-0.1, -0.05) is 54.1 Å². The van der Waals surface area contributed by atoms with E-state index in [1.54, 1.807) is 25.1 Å². The van der Waals surface area contributed by atoms with Crippen LogP contribution in [0.1, 0.15) is 29.3 Å². The quantitative estimate of drug-likeness (QED) is 0.484. The average molecular weight is 394 g/mol. The van der Waals surface area contributed by atoms with Crippen LogP contribution in [0, 0.1) is 0 Å². The fourth-order valence-corrected chi connectivity index (χ4v) is 2.80. The van der Waals surface area contributed by atoms with Crippen LogP contribution in [0.2, 0.25) is 5.02 Å². The smallest absolute Gasteiger partial charge is 0.271 e. The van der Waals surface area contributed by atoms with Gasteiger partial charge in [0.2, 0.25) is 5.91 Å². The van der Waals surface area contributed by atoms with Crippen LogP contribution >= 0.6 is 11.6 Å². The molecule has 5 nitrogen and oxygen atoms in total. The summed E-state index contributed by atoms with van der Waals surface area (Å²) in [6.45, 7) is 2.11. The first-order chi connectivity index (χ1) is 13.5. The van der Waals surface area contributed by atoms with Crippen LogP contribution in [0.25, 0.3) is 10.8 Å². The van der Waals surface area contributed by atoms with E-state index in [4.69, 9.17) is 11.6 Å². The fourth-order valence-electron chi connectivity index (χ4n) is 2.68. The Hall–Kier alpha value is -3.18. The molecule has 142 valence electrons. The van der Waals surface area contributed by atoms with Crippen molar-refractivity contribution in [3.8, 4) is 0 Å². The van der Waals surface area contributed by atoms with Crippen LogP contribution in [0.3, 0.4) is 0 Å². The van der Waals surface area contributed by atoms with Gasteiger partial charge in [-0.15, -0.1) is 0 Å². The standard InChI is InChI=1S/C22H20ClN3O2/c1-15(12-21(27)24-14-16-6-10-20(23)11-7-16)25-26-22(28)19-9-8-17-4-2-3-5-18(17)13-19/h2-11,13H,12,14H2,1H3,(H,24,27)(H,26,28)/b25-15-. The second-order valence-corrected chi connectivity index (χ2v) is 6.87. The molecule has 0 aliphatic heterocycles. The number of carbonyl (C=O) groups is 2. The summed E-state index contributed by atoms with van der Waals surface area (Å²) in [7, 11) is 0. The molecule has 2 N–H and O–H groups in total.